The molecule has 0 unspecified atom stereocenters. The smallest absolute Gasteiger partial charge is 0.358 e. The van der Waals surface area contributed by atoms with Gasteiger partial charge in [-0.3, -0.25) is 9.69 Å². The second-order valence-electron chi connectivity index (χ2n) is 6.97. The summed E-state index contributed by atoms with van der Waals surface area (Å²) in [5, 5.41) is 14.5. The molecule has 150 valence electrons. The zero-order valence-electron chi connectivity index (χ0n) is 15.9. The predicted molar refractivity (Wildman–Crippen MR) is 109 cm³/mol. The lowest BCUT2D eigenvalue weighted by Crippen LogP contribution is -2.49. The van der Waals surface area contributed by atoms with Gasteiger partial charge in [0.25, 0.3) is 0 Å². The van der Waals surface area contributed by atoms with E-state index in [1.54, 1.807) is 18.3 Å². The van der Waals surface area contributed by atoms with Gasteiger partial charge >= 0.3 is 5.82 Å². The number of hydrogen-bond acceptors (Lipinski definition) is 6. The van der Waals surface area contributed by atoms with Crippen molar-refractivity contribution in [2.24, 2.45) is 0 Å². The third-order valence-corrected chi connectivity index (χ3v) is 5.03. The Morgan fingerprint density at radius 1 is 1.07 bits per heavy atom. The summed E-state index contributed by atoms with van der Waals surface area (Å²) >= 11 is 0. The molecule has 0 radical (unpaired) electrons. The number of rotatable bonds is 6. The Bertz CT molecular complexity index is 1010. The molecule has 4 rings (SSSR count). The number of anilines is 1. The summed E-state index contributed by atoms with van der Waals surface area (Å²) in [6.45, 7) is 3.27. The Hall–Kier alpha value is -3.46. The molecule has 0 bridgehead atoms. The molecule has 3 heterocycles. The maximum Gasteiger partial charge on any atom is 0.372 e. The van der Waals surface area contributed by atoms with Gasteiger partial charge in [0, 0.05) is 38.8 Å². The molecule has 1 amide bonds. The van der Waals surface area contributed by atoms with Crippen LogP contribution in [-0.4, -0.2) is 57.8 Å². The topological polar surface area (TPSA) is 96.0 Å². The molecule has 9 nitrogen and oxygen atoms in total. The van der Waals surface area contributed by atoms with Crippen LogP contribution in [0.15, 0.2) is 54.7 Å². The number of imidazole rings is 1. The van der Waals surface area contributed by atoms with Crippen LogP contribution in [0.2, 0.25) is 0 Å². The SMILES string of the molecule is O=C(CN1CCN(c2nc3ccccn3c2[N+](=O)[O-])CC1)NCc1ccccc1. The van der Waals surface area contributed by atoms with E-state index in [-0.39, 0.29) is 11.7 Å². The fourth-order valence-electron chi connectivity index (χ4n) is 3.53. The Morgan fingerprint density at radius 3 is 2.52 bits per heavy atom. The van der Waals surface area contributed by atoms with Crippen molar-refractivity contribution in [2.75, 3.05) is 37.6 Å². The van der Waals surface area contributed by atoms with Crippen LogP contribution in [0.3, 0.4) is 0 Å². The van der Waals surface area contributed by atoms with E-state index in [1.807, 2.05) is 41.3 Å². The van der Waals surface area contributed by atoms with Crippen molar-refractivity contribution in [1.29, 1.82) is 0 Å². The van der Waals surface area contributed by atoms with Gasteiger partial charge in [-0.05, 0) is 16.6 Å². The lowest BCUT2D eigenvalue weighted by molar-refractivity contribution is -0.389. The van der Waals surface area contributed by atoms with Gasteiger partial charge < -0.3 is 20.3 Å². The largest absolute Gasteiger partial charge is 0.372 e. The Morgan fingerprint density at radius 2 is 1.79 bits per heavy atom. The van der Waals surface area contributed by atoms with Crippen LogP contribution in [0.1, 0.15) is 5.56 Å². The number of pyridine rings is 1. The average Bonchev–Trinajstić information content (AvgIpc) is 3.13. The number of aromatic nitrogens is 2. The molecule has 0 spiro atoms. The molecule has 1 saturated heterocycles. The van der Waals surface area contributed by atoms with Crippen molar-refractivity contribution >= 4 is 23.2 Å². The van der Waals surface area contributed by atoms with E-state index < -0.39 is 4.92 Å². The maximum absolute atomic E-state index is 12.2. The summed E-state index contributed by atoms with van der Waals surface area (Å²) in [5.41, 5.74) is 1.61. The molecule has 1 fully saturated rings. The summed E-state index contributed by atoms with van der Waals surface area (Å²) in [4.78, 5) is 31.9. The number of hydrogen-bond donors (Lipinski definition) is 1. The van der Waals surface area contributed by atoms with Crippen molar-refractivity contribution < 1.29 is 9.72 Å². The van der Waals surface area contributed by atoms with E-state index in [4.69, 9.17) is 0 Å². The summed E-state index contributed by atoms with van der Waals surface area (Å²) in [6.07, 6.45) is 1.65. The van der Waals surface area contributed by atoms with Crippen LogP contribution < -0.4 is 10.2 Å². The highest BCUT2D eigenvalue weighted by atomic mass is 16.6. The summed E-state index contributed by atoms with van der Waals surface area (Å²) in [7, 11) is 0. The lowest BCUT2D eigenvalue weighted by atomic mass is 10.2. The van der Waals surface area contributed by atoms with Gasteiger partial charge in [-0.15, -0.1) is 0 Å². The van der Waals surface area contributed by atoms with E-state index >= 15 is 0 Å². The van der Waals surface area contributed by atoms with Gasteiger partial charge in [0.1, 0.15) is 0 Å². The maximum atomic E-state index is 12.2. The Kier molecular flexibility index (Phi) is 5.39. The number of amides is 1. The molecule has 0 saturated carbocycles. The summed E-state index contributed by atoms with van der Waals surface area (Å²) < 4.78 is 1.50. The fourth-order valence-corrected chi connectivity index (χ4v) is 3.53. The zero-order chi connectivity index (χ0) is 20.2. The van der Waals surface area contributed by atoms with Gasteiger partial charge in [-0.25, -0.2) is 0 Å². The summed E-state index contributed by atoms with van der Waals surface area (Å²) in [6, 6.07) is 15.1. The molecule has 0 atom stereocenters. The number of nitro groups is 1. The molecule has 1 aromatic carbocycles. The van der Waals surface area contributed by atoms with Gasteiger partial charge in [-0.2, -0.15) is 9.38 Å². The highest BCUT2D eigenvalue weighted by Gasteiger charge is 2.29. The monoisotopic (exact) mass is 394 g/mol. The van der Waals surface area contributed by atoms with Crippen LogP contribution in [0.4, 0.5) is 11.6 Å². The predicted octanol–water partition coefficient (Wildman–Crippen LogP) is 1.68. The van der Waals surface area contributed by atoms with E-state index in [0.29, 0.717) is 50.7 Å². The molecule has 0 aliphatic carbocycles. The Balaban J connectivity index is 1.35. The van der Waals surface area contributed by atoms with Crippen LogP contribution in [0.25, 0.3) is 5.65 Å². The Labute approximate surface area is 167 Å². The van der Waals surface area contributed by atoms with Crippen molar-refractivity contribution in [3.8, 4) is 0 Å². The number of carbonyl (C=O) groups excluding carboxylic acids is 1. The van der Waals surface area contributed by atoms with Crippen molar-refractivity contribution in [3.05, 3.63) is 70.4 Å². The number of nitrogens with one attached hydrogen (secondary N) is 1. The molecule has 1 aliphatic heterocycles. The van der Waals surface area contributed by atoms with E-state index in [1.165, 1.54) is 4.40 Å². The number of benzene rings is 1. The fraction of sp³-hybridized carbons (Fsp3) is 0.300. The first-order valence-electron chi connectivity index (χ1n) is 9.51. The highest BCUT2D eigenvalue weighted by molar-refractivity contribution is 5.78. The van der Waals surface area contributed by atoms with Crippen molar-refractivity contribution in [1.82, 2.24) is 19.6 Å². The third kappa shape index (κ3) is 4.19. The zero-order valence-corrected chi connectivity index (χ0v) is 15.9. The van der Waals surface area contributed by atoms with Crippen LogP contribution in [0.5, 0.6) is 0 Å². The van der Waals surface area contributed by atoms with E-state index in [2.05, 4.69) is 15.2 Å². The first-order valence-corrected chi connectivity index (χ1v) is 9.51. The second-order valence-corrected chi connectivity index (χ2v) is 6.97. The third-order valence-electron chi connectivity index (χ3n) is 5.03. The number of fused-ring (bicyclic) bond motifs is 1. The summed E-state index contributed by atoms with van der Waals surface area (Å²) in [5.74, 6) is 0.338. The minimum Gasteiger partial charge on any atom is -0.358 e. The standard InChI is InChI=1S/C20H22N6O3/c27-18(21-14-16-6-2-1-3-7-16)15-23-10-12-24(13-11-23)19-20(26(28)29)25-9-5-4-8-17(25)22-19/h1-9H,10-15H2,(H,21,27). The lowest BCUT2D eigenvalue weighted by Gasteiger charge is -2.34. The molecule has 3 aromatic rings. The van der Waals surface area contributed by atoms with Gasteiger partial charge in [0.05, 0.1) is 12.7 Å². The normalized spacial score (nSPS) is 14.8. The number of nitrogens with zero attached hydrogens (tertiary/aromatic N) is 5. The first kappa shape index (κ1) is 18.9. The molecular weight excluding hydrogens is 372 g/mol. The molecule has 29 heavy (non-hydrogen) atoms. The minimum atomic E-state index is -0.390. The number of piperazine rings is 1. The molecular formula is C20H22N6O3. The first-order chi connectivity index (χ1) is 14.1. The van der Waals surface area contributed by atoms with Gasteiger partial charge in [-0.1, -0.05) is 36.4 Å². The van der Waals surface area contributed by atoms with Gasteiger partial charge in [0.2, 0.25) is 17.4 Å². The van der Waals surface area contributed by atoms with Crippen LogP contribution in [-0.2, 0) is 11.3 Å². The average molecular weight is 394 g/mol. The molecule has 1 N–H and O–H groups in total. The molecule has 1 aliphatic rings. The van der Waals surface area contributed by atoms with E-state index in [9.17, 15) is 14.9 Å². The minimum absolute atomic E-state index is 0.0188. The quantitative estimate of drug-likeness (QED) is 0.505. The number of carbonyl (C=O) groups is 1. The van der Waals surface area contributed by atoms with Gasteiger partial charge in [0.15, 0.2) is 0 Å². The van der Waals surface area contributed by atoms with Crippen LogP contribution >= 0.6 is 0 Å². The van der Waals surface area contributed by atoms with Crippen molar-refractivity contribution in [2.45, 2.75) is 6.54 Å². The molecule has 2 aromatic heterocycles. The van der Waals surface area contributed by atoms with Crippen molar-refractivity contribution in [3.63, 3.8) is 0 Å². The second kappa shape index (κ2) is 8.27. The molecule has 9 heteroatoms. The van der Waals surface area contributed by atoms with E-state index in [0.717, 1.165) is 5.56 Å². The van der Waals surface area contributed by atoms with Crippen LogP contribution in [0, 0.1) is 10.1 Å². The highest BCUT2D eigenvalue weighted by Crippen LogP contribution is 2.29.